The highest BCUT2D eigenvalue weighted by atomic mass is 127. The first-order valence-electron chi connectivity index (χ1n) is 10.5. The van der Waals surface area contributed by atoms with E-state index < -0.39 is 16.1 Å². The molecule has 0 saturated carbocycles. The van der Waals surface area contributed by atoms with Crippen molar-refractivity contribution in [1.82, 2.24) is 0 Å². The molecule has 0 radical (unpaired) electrons. The Hall–Kier alpha value is -0.876. The van der Waals surface area contributed by atoms with E-state index in [1.165, 1.54) is 25.1 Å². The van der Waals surface area contributed by atoms with Gasteiger partial charge in [-0.25, -0.2) is 0 Å². The van der Waals surface area contributed by atoms with Gasteiger partial charge < -0.3 is 18.9 Å². The lowest BCUT2D eigenvalue weighted by Crippen LogP contribution is -2.38. The molecule has 0 unspecified atom stereocenters. The monoisotopic (exact) mass is 574 g/mol. The second-order valence-corrected chi connectivity index (χ2v) is 21.0. The zero-order valence-electron chi connectivity index (χ0n) is 20.8. The highest BCUT2D eigenvalue weighted by Crippen LogP contribution is 2.25. The van der Waals surface area contributed by atoms with E-state index in [0.29, 0.717) is 13.6 Å². The number of methoxy groups -OCH3 is 2. The number of rotatable bonds is 8. The summed E-state index contributed by atoms with van der Waals surface area (Å²) in [4.78, 5) is 0. The van der Waals surface area contributed by atoms with E-state index in [9.17, 15) is 0 Å². The predicted molar refractivity (Wildman–Crippen MR) is 146 cm³/mol. The lowest BCUT2D eigenvalue weighted by Gasteiger charge is -2.20. The van der Waals surface area contributed by atoms with Gasteiger partial charge in [-0.15, -0.1) is 0 Å². The molecule has 0 aromatic heterocycles. The number of halogens is 1. The van der Waals surface area contributed by atoms with Crippen LogP contribution in [-0.2, 0) is 9.47 Å². The van der Waals surface area contributed by atoms with E-state index >= 15 is 0 Å². The molecule has 174 valence electrons. The van der Waals surface area contributed by atoms with E-state index in [-0.39, 0.29) is 0 Å². The summed E-state index contributed by atoms with van der Waals surface area (Å²) in [6.45, 7) is 18.9. The topological polar surface area (TPSA) is 36.9 Å². The molecule has 0 atom stereocenters. The van der Waals surface area contributed by atoms with Crippen molar-refractivity contribution in [3.05, 3.63) is 45.0 Å². The Bertz CT molecular complexity index is 819. The van der Waals surface area contributed by atoms with Gasteiger partial charge in [0, 0.05) is 14.2 Å². The predicted octanol–water partition coefficient (Wildman–Crippen LogP) is 5.65. The van der Waals surface area contributed by atoms with Gasteiger partial charge in [-0.2, -0.15) is 0 Å². The minimum atomic E-state index is -1.24. The van der Waals surface area contributed by atoms with Gasteiger partial charge in [0.25, 0.3) is 0 Å². The fraction of sp³-hybridized carbons (Fsp3) is 0.500. The zero-order chi connectivity index (χ0) is 23.8. The Morgan fingerprint density at radius 1 is 0.710 bits per heavy atom. The molecule has 0 amide bonds. The molecule has 0 saturated heterocycles. The van der Waals surface area contributed by atoms with Crippen LogP contribution in [0.5, 0.6) is 11.5 Å². The fourth-order valence-corrected chi connectivity index (χ4v) is 6.53. The van der Waals surface area contributed by atoms with Crippen LogP contribution in [0.2, 0.25) is 39.3 Å². The first kappa shape index (κ1) is 28.2. The smallest absolute Gasteiger partial charge is 0.188 e. The second kappa shape index (κ2) is 12.4. The maximum absolute atomic E-state index is 5.57. The molecule has 0 aliphatic heterocycles. The van der Waals surface area contributed by atoms with E-state index in [0.717, 1.165) is 11.5 Å². The second-order valence-electron chi connectivity index (χ2n) is 9.69. The Morgan fingerprint density at radius 3 is 1.68 bits per heavy atom. The molecule has 31 heavy (non-hydrogen) atoms. The van der Waals surface area contributed by atoms with Crippen molar-refractivity contribution < 1.29 is 18.9 Å². The van der Waals surface area contributed by atoms with Crippen molar-refractivity contribution >= 4 is 49.1 Å². The van der Waals surface area contributed by atoms with Crippen LogP contribution in [0.25, 0.3) is 0 Å². The van der Waals surface area contributed by atoms with Gasteiger partial charge in [-0.05, 0) is 59.7 Å². The van der Waals surface area contributed by atoms with Crippen molar-refractivity contribution in [2.75, 3.05) is 27.8 Å². The summed E-state index contributed by atoms with van der Waals surface area (Å²) in [5.74, 6) is 1.86. The Kier molecular flexibility index (Phi) is 11.3. The lowest BCUT2D eigenvalue weighted by atomic mass is 10.2. The summed E-state index contributed by atoms with van der Waals surface area (Å²) in [7, 11) is 0.821. The molecule has 0 aliphatic carbocycles. The standard InChI is InChI=1S/C12H19IO2Si.C12H20O2Si/c1-9-6-10(16(3,4)5)7-11(13)12(9)15-8-14-2;1-10-8-11(15(3,4)5)6-7-12(10)14-9-13-2/h6-7H,8H2,1-5H3;6-8H,9H2,1-5H3. The lowest BCUT2D eigenvalue weighted by molar-refractivity contribution is 0.0500. The average Bonchev–Trinajstić information content (AvgIpc) is 2.65. The van der Waals surface area contributed by atoms with Crippen LogP contribution >= 0.6 is 22.6 Å². The highest BCUT2D eigenvalue weighted by molar-refractivity contribution is 14.1. The summed E-state index contributed by atoms with van der Waals surface area (Å²) in [5.41, 5.74) is 2.38. The van der Waals surface area contributed by atoms with Gasteiger partial charge in [0.1, 0.15) is 11.5 Å². The summed E-state index contributed by atoms with van der Waals surface area (Å²) in [6, 6.07) is 10.9. The molecular formula is C24H39IO4Si2. The average molecular weight is 575 g/mol. The maximum Gasteiger partial charge on any atom is 0.188 e. The van der Waals surface area contributed by atoms with Gasteiger partial charge in [0.15, 0.2) is 13.6 Å². The third-order valence-corrected chi connectivity index (χ3v) is 9.65. The number of aryl methyl sites for hydroxylation is 2. The van der Waals surface area contributed by atoms with Gasteiger partial charge in [0.2, 0.25) is 0 Å². The van der Waals surface area contributed by atoms with Crippen LogP contribution in [0, 0.1) is 17.4 Å². The molecule has 2 rings (SSSR count). The Morgan fingerprint density at radius 2 is 1.23 bits per heavy atom. The van der Waals surface area contributed by atoms with Crippen molar-refractivity contribution in [2.45, 2.75) is 53.1 Å². The minimum Gasteiger partial charge on any atom is -0.467 e. The number of benzene rings is 2. The zero-order valence-corrected chi connectivity index (χ0v) is 25.0. The van der Waals surface area contributed by atoms with Crippen LogP contribution in [-0.4, -0.2) is 44.0 Å². The molecule has 2 aromatic rings. The molecular weight excluding hydrogens is 535 g/mol. The molecule has 0 aliphatic rings. The number of ether oxygens (including phenoxy) is 4. The normalized spacial score (nSPS) is 11.6. The molecule has 0 heterocycles. The summed E-state index contributed by atoms with van der Waals surface area (Å²) < 4.78 is 22.0. The summed E-state index contributed by atoms with van der Waals surface area (Å²) in [5, 5.41) is 2.93. The summed E-state index contributed by atoms with van der Waals surface area (Å²) in [6.07, 6.45) is 0. The van der Waals surface area contributed by atoms with Crippen LogP contribution in [0.4, 0.5) is 0 Å². The van der Waals surface area contributed by atoms with Crippen molar-refractivity contribution in [3.8, 4) is 11.5 Å². The SMILES string of the molecule is COCOc1c(C)cc([Si](C)(C)C)cc1I.COCOc1ccc([Si](C)(C)C)cc1C. The van der Waals surface area contributed by atoms with Gasteiger partial charge in [-0.3, -0.25) is 0 Å². The first-order chi connectivity index (χ1) is 14.3. The number of hydrogen-bond donors (Lipinski definition) is 0. The van der Waals surface area contributed by atoms with E-state index in [1.54, 1.807) is 14.2 Å². The van der Waals surface area contributed by atoms with Crippen LogP contribution in [0.15, 0.2) is 30.3 Å². The molecule has 0 fully saturated rings. The molecule has 7 heteroatoms. The van der Waals surface area contributed by atoms with E-state index in [1.807, 2.05) is 6.07 Å². The Balaban J connectivity index is 0.000000311. The molecule has 0 spiro atoms. The first-order valence-corrected chi connectivity index (χ1v) is 18.5. The third kappa shape index (κ3) is 9.25. The Labute approximate surface area is 204 Å². The quantitative estimate of drug-likeness (QED) is 0.232. The van der Waals surface area contributed by atoms with E-state index in [2.05, 4.69) is 100.0 Å². The van der Waals surface area contributed by atoms with Crippen LogP contribution in [0.3, 0.4) is 0 Å². The molecule has 0 bridgehead atoms. The largest absolute Gasteiger partial charge is 0.467 e. The fourth-order valence-electron chi connectivity index (χ4n) is 2.86. The maximum atomic E-state index is 5.57. The number of hydrogen-bond acceptors (Lipinski definition) is 4. The summed E-state index contributed by atoms with van der Waals surface area (Å²) >= 11 is 2.33. The van der Waals surface area contributed by atoms with Gasteiger partial charge >= 0.3 is 0 Å². The van der Waals surface area contributed by atoms with Crippen molar-refractivity contribution in [2.24, 2.45) is 0 Å². The van der Waals surface area contributed by atoms with Crippen LogP contribution in [0.1, 0.15) is 11.1 Å². The third-order valence-electron chi connectivity index (χ3n) is 4.79. The van der Waals surface area contributed by atoms with Crippen molar-refractivity contribution in [1.29, 1.82) is 0 Å². The molecule has 2 aromatic carbocycles. The highest BCUT2D eigenvalue weighted by Gasteiger charge is 2.19. The minimum absolute atomic E-state index is 0.309. The van der Waals surface area contributed by atoms with E-state index in [4.69, 9.17) is 18.9 Å². The van der Waals surface area contributed by atoms with Gasteiger partial charge in [-0.1, -0.05) is 67.9 Å². The molecule has 4 nitrogen and oxygen atoms in total. The van der Waals surface area contributed by atoms with Gasteiger partial charge in [0.05, 0.1) is 19.7 Å². The van der Waals surface area contributed by atoms with Crippen LogP contribution < -0.4 is 19.8 Å². The van der Waals surface area contributed by atoms with Crippen molar-refractivity contribution in [3.63, 3.8) is 0 Å². The molecule has 0 N–H and O–H groups in total.